The van der Waals surface area contributed by atoms with Crippen LogP contribution in [0.15, 0.2) is 28.7 Å². The molecule has 0 spiro atoms. The lowest BCUT2D eigenvalue weighted by atomic mass is 9.98. The second kappa shape index (κ2) is 8.65. The van der Waals surface area contributed by atoms with Crippen LogP contribution in [0.25, 0.3) is 11.5 Å². The molecule has 0 amide bonds. The fourth-order valence-corrected chi connectivity index (χ4v) is 2.34. The van der Waals surface area contributed by atoms with Gasteiger partial charge in [0.2, 0.25) is 11.8 Å². The van der Waals surface area contributed by atoms with Gasteiger partial charge in [0.1, 0.15) is 5.75 Å². The molecule has 0 atom stereocenters. The Bertz CT molecular complexity index is 728. The summed E-state index contributed by atoms with van der Waals surface area (Å²) in [5.41, 5.74) is 0.895. The molecule has 2 N–H and O–H groups in total. The average molecular weight is 373 g/mol. The SMILES string of the molecule is COc1cccc(-c2nnc(C3CCNCC3)o2)c1.O=C(O)C(F)(F)F. The number of halogens is 3. The predicted molar refractivity (Wildman–Crippen MR) is 84.8 cm³/mol. The molecule has 1 aromatic carbocycles. The van der Waals surface area contributed by atoms with Crippen LogP contribution in [-0.4, -0.2) is 47.6 Å². The Hall–Kier alpha value is -2.62. The van der Waals surface area contributed by atoms with Crippen molar-refractivity contribution in [2.45, 2.75) is 24.9 Å². The number of alkyl halides is 3. The van der Waals surface area contributed by atoms with Crippen LogP contribution < -0.4 is 10.1 Å². The number of nitrogens with zero attached hydrogens (tertiary/aromatic N) is 2. The number of nitrogens with one attached hydrogen (secondary N) is 1. The number of rotatable bonds is 3. The number of carboxylic acids is 1. The summed E-state index contributed by atoms with van der Waals surface area (Å²) in [6.07, 6.45) is -2.97. The van der Waals surface area contributed by atoms with Crippen molar-refractivity contribution < 1.29 is 32.2 Å². The Morgan fingerprint density at radius 2 is 1.96 bits per heavy atom. The molecule has 26 heavy (non-hydrogen) atoms. The summed E-state index contributed by atoms with van der Waals surface area (Å²) in [6, 6.07) is 7.66. The molecule has 3 rings (SSSR count). The van der Waals surface area contributed by atoms with Gasteiger partial charge in [-0.2, -0.15) is 13.2 Å². The van der Waals surface area contributed by atoms with Gasteiger partial charge < -0.3 is 19.6 Å². The first-order chi connectivity index (χ1) is 12.3. The molecule has 1 aliphatic rings. The summed E-state index contributed by atoms with van der Waals surface area (Å²) in [4.78, 5) is 8.90. The van der Waals surface area contributed by atoms with Gasteiger partial charge in [-0.15, -0.1) is 10.2 Å². The van der Waals surface area contributed by atoms with Gasteiger partial charge >= 0.3 is 12.1 Å². The molecule has 0 saturated carbocycles. The highest BCUT2D eigenvalue weighted by Gasteiger charge is 2.38. The van der Waals surface area contributed by atoms with Crippen molar-refractivity contribution in [2.75, 3.05) is 20.2 Å². The molecule has 1 aromatic heterocycles. The Morgan fingerprint density at radius 3 is 2.54 bits per heavy atom. The van der Waals surface area contributed by atoms with E-state index in [1.165, 1.54) is 0 Å². The molecule has 10 heteroatoms. The van der Waals surface area contributed by atoms with Crippen molar-refractivity contribution in [3.8, 4) is 17.2 Å². The summed E-state index contributed by atoms with van der Waals surface area (Å²) in [7, 11) is 1.65. The molecule has 0 unspecified atom stereocenters. The van der Waals surface area contributed by atoms with E-state index in [0.29, 0.717) is 11.8 Å². The maximum Gasteiger partial charge on any atom is 0.490 e. The van der Waals surface area contributed by atoms with E-state index < -0.39 is 12.1 Å². The van der Waals surface area contributed by atoms with E-state index in [0.717, 1.165) is 43.1 Å². The number of benzene rings is 1. The summed E-state index contributed by atoms with van der Waals surface area (Å²) >= 11 is 0. The minimum atomic E-state index is -5.08. The Labute approximate surface area is 147 Å². The molecular formula is C16H18F3N3O4. The van der Waals surface area contributed by atoms with Crippen LogP contribution in [-0.2, 0) is 4.79 Å². The third-order valence-electron chi connectivity index (χ3n) is 3.69. The maximum atomic E-state index is 10.6. The normalized spacial score (nSPS) is 15.1. The maximum absolute atomic E-state index is 10.6. The van der Waals surface area contributed by atoms with Crippen molar-refractivity contribution in [3.63, 3.8) is 0 Å². The van der Waals surface area contributed by atoms with Gasteiger partial charge in [-0.1, -0.05) is 6.07 Å². The van der Waals surface area contributed by atoms with Crippen LogP contribution >= 0.6 is 0 Å². The Balaban J connectivity index is 0.000000298. The third kappa shape index (κ3) is 5.45. The average Bonchev–Trinajstić information content (AvgIpc) is 3.12. The van der Waals surface area contributed by atoms with E-state index in [2.05, 4.69) is 15.5 Å². The zero-order valence-corrected chi connectivity index (χ0v) is 13.9. The molecule has 142 valence electrons. The molecule has 2 heterocycles. The van der Waals surface area contributed by atoms with E-state index in [-0.39, 0.29) is 0 Å². The molecule has 2 aromatic rings. The molecule has 1 aliphatic heterocycles. The van der Waals surface area contributed by atoms with E-state index in [9.17, 15) is 13.2 Å². The van der Waals surface area contributed by atoms with Crippen molar-refractivity contribution in [1.29, 1.82) is 0 Å². The van der Waals surface area contributed by atoms with Crippen LogP contribution in [0.1, 0.15) is 24.7 Å². The minimum Gasteiger partial charge on any atom is -0.497 e. The van der Waals surface area contributed by atoms with E-state index in [1.54, 1.807) is 7.11 Å². The van der Waals surface area contributed by atoms with Gasteiger partial charge in [0.25, 0.3) is 0 Å². The third-order valence-corrected chi connectivity index (χ3v) is 3.69. The van der Waals surface area contributed by atoms with Crippen LogP contribution in [0.2, 0.25) is 0 Å². The highest BCUT2D eigenvalue weighted by Crippen LogP contribution is 2.28. The number of carboxylic acid groups (broad SMARTS) is 1. The highest BCUT2D eigenvalue weighted by atomic mass is 19.4. The summed E-state index contributed by atoms with van der Waals surface area (Å²) < 4.78 is 42.7. The zero-order chi connectivity index (χ0) is 19.2. The summed E-state index contributed by atoms with van der Waals surface area (Å²) in [5.74, 6) is -0.272. The van der Waals surface area contributed by atoms with Crippen molar-refractivity contribution in [2.24, 2.45) is 0 Å². The van der Waals surface area contributed by atoms with Gasteiger partial charge in [0, 0.05) is 11.5 Å². The van der Waals surface area contributed by atoms with Crippen LogP contribution in [0.5, 0.6) is 5.75 Å². The second-order valence-corrected chi connectivity index (χ2v) is 5.50. The topological polar surface area (TPSA) is 97.5 Å². The predicted octanol–water partition coefficient (Wildman–Crippen LogP) is 2.85. The van der Waals surface area contributed by atoms with Gasteiger partial charge in [-0.25, -0.2) is 4.79 Å². The van der Waals surface area contributed by atoms with Crippen molar-refractivity contribution >= 4 is 5.97 Å². The van der Waals surface area contributed by atoms with Crippen LogP contribution in [0.3, 0.4) is 0 Å². The fraction of sp³-hybridized carbons (Fsp3) is 0.438. The molecule has 0 bridgehead atoms. The molecule has 1 fully saturated rings. The lowest BCUT2D eigenvalue weighted by Crippen LogP contribution is -2.26. The monoisotopic (exact) mass is 373 g/mol. The smallest absolute Gasteiger partial charge is 0.490 e. The molecule has 0 radical (unpaired) electrons. The van der Waals surface area contributed by atoms with Gasteiger partial charge in [-0.05, 0) is 44.1 Å². The summed E-state index contributed by atoms with van der Waals surface area (Å²) in [5, 5.41) is 18.8. The molecular weight excluding hydrogens is 355 g/mol. The Morgan fingerprint density at radius 1 is 1.31 bits per heavy atom. The largest absolute Gasteiger partial charge is 0.497 e. The standard InChI is InChI=1S/C14H17N3O2.C2HF3O2/c1-18-12-4-2-3-11(9-12)14-17-16-13(19-14)10-5-7-15-8-6-10;3-2(4,5)1(6)7/h2-4,9-10,15H,5-8H2,1H3;(H,6,7). The minimum absolute atomic E-state index is 0.383. The molecule has 0 aliphatic carbocycles. The van der Waals surface area contributed by atoms with E-state index >= 15 is 0 Å². The summed E-state index contributed by atoms with van der Waals surface area (Å²) in [6.45, 7) is 2.03. The number of methoxy groups -OCH3 is 1. The number of ether oxygens (including phenoxy) is 1. The zero-order valence-electron chi connectivity index (χ0n) is 13.9. The number of hydrogen-bond donors (Lipinski definition) is 2. The van der Waals surface area contributed by atoms with Crippen molar-refractivity contribution in [3.05, 3.63) is 30.2 Å². The number of carbonyl (C=O) groups is 1. The Kier molecular flexibility index (Phi) is 6.56. The van der Waals surface area contributed by atoms with Gasteiger partial charge in [-0.3, -0.25) is 0 Å². The first kappa shape index (κ1) is 19.7. The van der Waals surface area contributed by atoms with Crippen LogP contribution in [0.4, 0.5) is 13.2 Å². The number of hydrogen-bond acceptors (Lipinski definition) is 6. The fourth-order valence-electron chi connectivity index (χ4n) is 2.34. The lowest BCUT2D eigenvalue weighted by molar-refractivity contribution is -0.192. The molecule has 1 saturated heterocycles. The second-order valence-electron chi connectivity index (χ2n) is 5.50. The lowest BCUT2D eigenvalue weighted by Gasteiger charge is -2.18. The first-order valence-electron chi connectivity index (χ1n) is 7.80. The van der Waals surface area contributed by atoms with E-state index in [4.69, 9.17) is 19.1 Å². The highest BCUT2D eigenvalue weighted by molar-refractivity contribution is 5.73. The van der Waals surface area contributed by atoms with Gasteiger partial charge in [0.05, 0.1) is 7.11 Å². The molecule has 7 nitrogen and oxygen atoms in total. The van der Waals surface area contributed by atoms with Crippen molar-refractivity contribution in [1.82, 2.24) is 15.5 Å². The number of piperidine rings is 1. The number of aromatic nitrogens is 2. The quantitative estimate of drug-likeness (QED) is 0.854. The first-order valence-corrected chi connectivity index (χ1v) is 7.80. The number of aliphatic carboxylic acids is 1. The van der Waals surface area contributed by atoms with Gasteiger partial charge in [0.15, 0.2) is 0 Å². The van der Waals surface area contributed by atoms with Crippen LogP contribution in [0, 0.1) is 0 Å². The van der Waals surface area contributed by atoms with E-state index in [1.807, 2.05) is 24.3 Å².